The van der Waals surface area contributed by atoms with Crippen LogP contribution in [0, 0.1) is 0 Å². The van der Waals surface area contributed by atoms with Crippen LogP contribution in [0.5, 0.6) is 0 Å². The topological polar surface area (TPSA) is 30.0 Å². The van der Waals surface area contributed by atoms with Crippen molar-refractivity contribution in [3.05, 3.63) is 170 Å². The predicted molar refractivity (Wildman–Crippen MR) is 187 cm³/mol. The molecule has 0 unspecified atom stereocenters. The van der Waals surface area contributed by atoms with Gasteiger partial charge in [0.15, 0.2) is 7.14 Å². The summed E-state index contributed by atoms with van der Waals surface area (Å²) in [5, 5.41) is 9.46. The van der Waals surface area contributed by atoms with Crippen molar-refractivity contribution in [2.75, 3.05) is 0 Å². The number of hydrogen-bond acceptors (Lipinski definition) is 2. The molecule has 0 aliphatic rings. The molecule has 0 atom stereocenters. The van der Waals surface area contributed by atoms with Crippen molar-refractivity contribution in [2.24, 2.45) is 0 Å². The lowest BCUT2D eigenvalue weighted by atomic mass is 9.86. The fourth-order valence-electron chi connectivity index (χ4n) is 6.57. The van der Waals surface area contributed by atoms with Crippen molar-refractivity contribution < 1.29 is 4.57 Å². The minimum Gasteiger partial charge on any atom is -0.309 e. The predicted octanol–water partition coefficient (Wildman–Crippen LogP) is 9.51. The third-order valence-corrected chi connectivity index (χ3v) is 11.7. The molecule has 2 nitrogen and oxygen atoms in total. The summed E-state index contributed by atoms with van der Waals surface area (Å²) < 4.78 is 15.0. The van der Waals surface area contributed by atoms with Gasteiger partial charge in [-0.05, 0) is 44.1 Å². The van der Waals surface area contributed by atoms with E-state index >= 15 is 0 Å². The van der Waals surface area contributed by atoms with Gasteiger partial charge >= 0.3 is 0 Å². The van der Waals surface area contributed by atoms with Gasteiger partial charge in [0.1, 0.15) is 0 Å². The van der Waals surface area contributed by atoms with E-state index in [1.807, 2.05) is 66.9 Å². The summed E-state index contributed by atoms with van der Waals surface area (Å²) in [4.78, 5) is 4.94. The molecule has 0 N–H and O–H groups in total. The molecule has 8 rings (SSSR count). The fourth-order valence-corrected chi connectivity index (χ4v) is 9.22. The van der Waals surface area contributed by atoms with Gasteiger partial charge in [0.2, 0.25) is 0 Å². The Morgan fingerprint density at radius 2 is 0.818 bits per heavy atom. The number of pyridine rings is 1. The van der Waals surface area contributed by atoms with Gasteiger partial charge in [0.05, 0.1) is 5.69 Å². The normalized spacial score (nSPS) is 11.7. The smallest absolute Gasteiger partial charge is 0.171 e. The molecule has 3 heteroatoms. The first-order valence-electron chi connectivity index (χ1n) is 14.8. The second-order valence-corrected chi connectivity index (χ2v) is 13.8. The highest BCUT2D eigenvalue weighted by Gasteiger charge is 2.29. The number of fused-ring (bicyclic) bond motifs is 3. The molecule has 0 aliphatic heterocycles. The number of hydrogen-bond donors (Lipinski definition) is 0. The third-order valence-electron chi connectivity index (χ3n) is 8.60. The molecule has 0 fully saturated rings. The highest BCUT2D eigenvalue weighted by Crippen LogP contribution is 2.46. The van der Waals surface area contributed by atoms with E-state index in [0.29, 0.717) is 0 Å². The number of nitrogens with zero attached hydrogens (tertiary/aromatic N) is 1. The van der Waals surface area contributed by atoms with Gasteiger partial charge in [-0.15, -0.1) is 0 Å². The van der Waals surface area contributed by atoms with Crippen LogP contribution in [0.4, 0.5) is 0 Å². The highest BCUT2D eigenvalue weighted by molar-refractivity contribution is 7.85. The lowest BCUT2D eigenvalue weighted by Gasteiger charge is -2.21. The van der Waals surface area contributed by atoms with Crippen LogP contribution in [0.25, 0.3) is 54.7 Å². The molecule has 0 saturated heterocycles. The molecule has 0 spiro atoms. The Morgan fingerprint density at radius 3 is 1.36 bits per heavy atom. The van der Waals surface area contributed by atoms with Crippen LogP contribution in [-0.4, -0.2) is 4.98 Å². The second-order valence-electron chi connectivity index (χ2n) is 11.0. The Labute approximate surface area is 256 Å². The van der Waals surface area contributed by atoms with Gasteiger partial charge < -0.3 is 4.57 Å². The Hall–Kier alpha value is -5.30. The number of rotatable bonds is 5. The molecule has 0 radical (unpaired) electrons. The summed E-state index contributed by atoms with van der Waals surface area (Å²) in [6, 6.07) is 55.8. The van der Waals surface area contributed by atoms with E-state index in [2.05, 4.69) is 103 Å². The monoisotopic (exact) mass is 581 g/mol. The number of benzene rings is 7. The van der Waals surface area contributed by atoms with Gasteiger partial charge in [-0.1, -0.05) is 158 Å². The summed E-state index contributed by atoms with van der Waals surface area (Å²) in [6.07, 6.45) is 1.91. The first-order valence-corrected chi connectivity index (χ1v) is 16.5. The molecule has 0 bridgehead atoms. The summed E-state index contributed by atoms with van der Waals surface area (Å²) in [5.74, 6) is 0. The Balaban J connectivity index is 1.37. The summed E-state index contributed by atoms with van der Waals surface area (Å²) in [5.41, 5.74) is 4.39. The minimum atomic E-state index is -3.06. The van der Waals surface area contributed by atoms with Crippen molar-refractivity contribution in [3.8, 4) is 22.4 Å². The zero-order chi connectivity index (χ0) is 29.5. The van der Waals surface area contributed by atoms with Crippen LogP contribution in [0.15, 0.2) is 170 Å². The first kappa shape index (κ1) is 26.3. The third kappa shape index (κ3) is 4.19. The van der Waals surface area contributed by atoms with Crippen molar-refractivity contribution >= 4 is 55.4 Å². The molecule has 44 heavy (non-hydrogen) atoms. The van der Waals surface area contributed by atoms with Crippen LogP contribution in [-0.2, 0) is 4.57 Å². The summed E-state index contributed by atoms with van der Waals surface area (Å²) in [7, 11) is -3.06. The lowest BCUT2D eigenvalue weighted by molar-refractivity contribution is 0.592. The molecule has 0 saturated carbocycles. The zero-order valence-electron chi connectivity index (χ0n) is 24.0. The van der Waals surface area contributed by atoms with Crippen molar-refractivity contribution in [1.82, 2.24) is 4.98 Å². The maximum absolute atomic E-state index is 15.0. The fraction of sp³-hybridized carbons (Fsp3) is 0. The molecule has 7 aromatic carbocycles. The van der Waals surface area contributed by atoms with Gasteiger partial charge in [-0.3, -0.25) is 4.98 Å². The Morgan fingerprint density at radius 1 is 0.386 bits per heavy atom. The maximum Gasteiger partial charge on any atom is 0.171 e. The van der Waals surface area contributed by atoms with E-state index in [4.69, 9.17) is 4.98 Å². The number of aromatic nitrogens is 1. The van der Waals surface area contributed by atoms with Gasteiger partial charge in [-0.25, -0.2) is 0 Å². The Bertz CT molecular complexity index is 2240. The van der Waals surface area contributed by atoms with Crippen LogP contribution in [0.2, 0.25) is 0 Å². The molecule has 0 aliphatic carbocycles. The molecule has 0 amide bonds. The standard InChI is InChI=1S/C41H28NOP/c43-44(31-14-3-1-4-15-31,32-16-5-2-6-17-32)33-25-23-30(24-26-33)39-35-19-9-11-21-37(35)40(38-22-12-10-20-36(38)39)41-34-18-8-7-13-29(34)27-28-42-41/h1-28H. The van der Waals surface area contributed by atoms with Crippen LogP contribution >= 0.6 is 7.14 Å². The average molecular weight is 582 g/mol. The highest BCUT2D eigenvalue weighted by atomic mass is 31.2. The van der Waals surface area contributed by atoms with Crippen LogP contribution in [0.3, 0.4) is 0 Å². The average Bonchev–Trinajstić information content (AvgIpc) is 3.11. The van der Waals surface area contributed by atoms with Crippen LogP contribution in [0.1, 0.15) is 0 Å². The van der Waals surface area contributed by atoms with E-state index in [1.165, 1.54) is 10.9 Å². The van der Waals surface area contributed by atoms with Crippen molar-refractivity contribution in [2.45, 2.75) is 0 Å². The van der Waals surface area contributed by atoms with Crippen molar-refractivity contribution in [1.29, 1.82) is 0 Å². The van der Waals surface area contributed by atoms with E-state index in [9.17, 15) is 4.57 Å². The Kier molecular flexibility index (Phi) is 6.44. The summed E-state index contributed by atoms with van der Waals surface area (Å²) >= 11 is 0. The minimum absolute atomic E-state index is 0.823. The van der Waals surface area contributed by atoms with E-state index in [0.717, 1.165) is 59.7 Å². The largest absolute Gasteiger partial charge is 0.309 e. The van der Waals surface area contributed by atoms with Crippen LogP contribution < -0.4 is 15.9 Å². The second kappa shape index (κ2) is 10.8. The molecular weight excluding hydrogens is 553 g/mol. The van der Waals surface area contributed by atoms with E-state index in [1.54, 1.807) is 0 Å². The van der Waals surface area contributed by atoms with E-state index in [-0.39, 0.29) is 0 Å². The van der Waals surface area contributed by atoms with Gasteiger partial charge in [0, 0.05) is 33.1 Å². The summed E-state index contributed by atoms with van der Waals surface area (Å²) in [6.45, 7) is 0. The quantitative estimate of drug-likeness (QED) is 0.150. The molecule has 1 heterocycles. The zero-order valence-corrected chi connectivity index (χ0v) is 24.9. The molecule has 8 aromatic rings. The first-order chi connectivity index (χ1) is 21.7. The lowest BCUT2D eigenvalue weighted by Crippen LogP contribution is -2.24. The molecular formula is C41H28NOP. The van der Waals surface area contributed by atoms with Gasteiger partial charge in [-0.2, -0.15) is 0 Å². The molecule has 1 aromatic heterocycles. The SMILES string of the molecule is O=P(c1ccccc1)(c1ccccc1)c1ccc(-c2c3ccccc3c(-c3nccc4ccccc34)c3ccccc23)cc1. The van der Waals surface area contributed by atoms with Crippen molar-refractivity contribution in [3.63, 3.8) is 0 Å². The molecule has 208 valence electrons. The maximum atomic E-state index is 15.0. The van der Waals surface area contributed by atoms with Gasteiger partial charge in [0.25, 0.3) is 0 Å². The van der Waals surface area contributed by atoms with E-state index < -0.39 is 7.14 Å².